The minimum atomic E-state index is 0.162. The van der Waals surface area contributed by atoms with Gasteiger partial charge in [-0.15, -0.1) is 0 Å². The van der Waals surface area contributed by atoms with Crippen LogP contribution in [0.15, 0.2) is 54.6 Å². The Balaban J connectivity index is 1.37. The van der Waals surface area contributed by atoms with Gasteiger partial charge in [0.05, 0.1) is 11.6 Å². The molecule has 28 heavy (non-hydrogen) atoms. The molecule has 1 aliphatic carbocycles. The van der Waals surface area contributed by atoms with Crippen LogP contribution in [-0.2, 0) is 17.8 Å². The SMILES string of the molecule is CC(=O)N1CCc2cc(C3CC3c3ccc4cc(C#N)ccc4c3)ccc2C1. The van der Waals surface area contributed by atoms with Crippen molar-refractivity contribution in [1.82, 2.24) is 4.90 Å². The molecule has 1 fully saturated rings. The molecule has 5 rings (SSSR count). The fraction of sp³-hybridized carbons (Fsp3) is 0.280. The normalized spacial score (nSPS) is 20.5. The Bertz CT molecular complexity index is 1140. The highest BCUT2D eigenvalue weighted by atomic mass is 16.2. The molecule has 3 heteroatoms. The topological polar surface area (TPSA) is 44.1 Å². The first-order valence-corrected chi connectivity index (χ1v) is 9.93. The summed E-state index contributed by atoms with van der Waals surface area (Å²) in [5.41, 5.74) is 6.23. The molecule has 3 nitrogen and oxygen atoms in total. The molecule has 3 aromatic rings. The standard InChI is InChI=1S/C25H22N2O/c1-16(28)27-9-8-20-12-22(6-7-23(20)15-27)25-13-24(25)21-5-4-18-10-17(14-26)2-3-19(18)11-21/h2-7,10-12,24-25H,8-9,13,15H2,1H3. The zero-order valence-electron chi connectivity index (χ0n) is 16.0. The molecule has 0 saturated heterocycles. The molecule has 1 heterocycles. The Kier molecular flexibility index (Phi) is 3.94. The number of fused-ring (bicyclic) bond motifs is 2. The Morgan fingerprint density at radius 1 is 0.964 bits per heavy atom. The van der Waals surface area contributed by atoms with Crippen molar-refractivity contribution in [1.29, 1.82) is 5.26 Å². The average molecular weight is 366 g/mol. The van der Waals surface area contributed by atoms with E-state index in [-0.39, 0.29) is 5.91 Å². The highest BCUT2D eigenvalue weighted by molar-refractivity contribution is 5.84. The molecule has 0 radical (unpaired) electrons. The van der Waals surface area contributed by atoms with Crippen molar-refractivity contribution >= 4 is 16.7 Å². The van der Waals surface area contributed by atoms with E-state index in [1.54, 1.807) is 6.92 Å². The molecule has 1 amide bonds. The predicted molar refractivity (Wildman–Crippen MR) is 110 cm³/mol. The Morgan fingerprint density at radius 3 is 2.46 bits per heavy atom. The quantitative estimate of drug-likeness (QED) is 0.648. The summed E-state index contributed by atoms with van der Waals surface area (Å²) in [6.45, 7) is 3.22. The van der Waals surface area contributed by atoms with Gasteiger partial charge in [0.25, 0.3) is 0 Å². The zero-order chi connectivity index (χ0) is 19.3. The van der Waals surface area contributed by atoms with Crippen LogP contribution in [0.4, 0.5) is 0 Å². The summed E-state index contributed by atoms with van der Waals surface area (Å²) in [7, 11) is 0. The van der Waals surface area contributed by atoms with Crippen LogP contribution in [0.1, 0.15) is 53.0 Å². The molecule has 3 aromatic carbocycles. The Hall–Kier alpha value is -3.12. The van der Waals surface area contributed by atoms with Crippen LogP contribution >= 0.6 is 0 Å². The van der Waals surface area contributed by atoms with Gasteiger partial charge in [-0.1, -0.05) is 42.5 Å². The number of rotatable bonds is 2. The molecule has 2 aliphatic rings. The van der Waals surface area contributed by atoms with Crippen molar-refractivity contribution in [2.24, 2.45) is 0 Å². The summed E-state index contributed by atoms with van der Waals surface area (Å²) in [6.07, 6.45) is 2.15. The van der Waals surface area contributed by atoms with E-state index >= 15 is 0 Å². The predicted octanol–water partition coefficient (Wildman–Crippen LogP) is 4.89. The maximum absolute atomic E-state index is 11.6. The lowest BCUT2D eigenvalue weighted by Gasteiger charge is -2.28. The zero-order valence-corrected chi connectivity index (χ0v) is 16.0. The third-order valence-corrected chi connectivity index (χ3v) is 6.33. The van der Waals surface area contributed by atoms with E-state index in [9.17, 15) is 4.79 Å². The third kappa shape index (κ3) is 2.96. The summed E-state index contributed by atoms with van der Waals surface area (Å²) >= 11 is 0. The first kappa shape index (κ1) is 17.0. The molecule has 1 saturated carbocycles. The molecular weight excluding hydrogens is 344 g/mol. The van der Waals surface area contributed by atoms with Crippen LogP contribution in [0.5, 0.6) is 0 Å². The minimum Gasteiger partial charge on any atom is -0.338 e. The number of hydrogen-bond acceptors (Lipinski definition) is 2. The van der Waals surface area contributed by atoms with Crippen LogP contribution in [0, 0.1) is 11.3 Å². The lowest BCUT2D eigenvalue weighted by molar-refractivity contribution is -0.129. The molecule has 1 aliphatic heterocycles. The van der Waals surface area contributed by atoms with E-state index in [0.29, 0.717) is 17.4 Å². The highest BCUT2D eigenvalue weighted by Gasteiger charge is 2.39. The maximum Gasteiger partial charge on any atom is 0.219 e. The number of carbonyl (C=O) groups is 1. The van der Waals surface area contributed by atoms with Gasteiger partial charge in [-0.2, -0.15) is 5.26 Å². The monoisotopic (exact) mass is 366 g/mol. The van der Waals surface area contributed by atoms with Crippen LogP contribution in [0.3, 0.4) is 0 Å². The number of benzene rings is 3. The summed E-state index contributed by atoms with van der Waals surface area (Å²) in [4.78, 5) is 13.6. The van der Waals surface area contributed by atoms with Crippen molar-refractivity contribution in [3.63, 3.8) is 0 Å². The van der Waals surface area contributed by atoms with Gasteiger partial charge < -0.3 is 4.90 Å². The van der Waals surface area contributed by atoms with Crippen molar-refractivity contribution in [2.75, 3.05) is 6.54 Å². The van der Waals surface area contributed by atoms with Gasteiger partial charge in [0.15, 0.2) is 0 Å². The lowest BCUT2D eigenvalue weighted by Crippen LogP contribution is -2.34. The van der Waals surface area contributed by atoms with E-state index in [0.717, 1.165) is 24.9 Å². The molecule has 0 N–H and O–H groups in total. The number of amides is 1. The van der Waals surface area contributed by atoms with Gasteiger partial charge in [-0.3, -0.25) is 4.79 Å². The highest BCUT2D eigenvalue weighted by Crippen LogP contribution is 2.55. The van der Waals surface area contributed by atoms with Gasteiger partial charge in [0.2, 0.25) is 5.91 Å². The van der Waals surface area contributed by atoms with Crippen LogP contribution < -0.4 is 0 Å². The summed E-state index contributed by atoms with van der Waals surface area (Å²) in [5.74, 6) is 1.33. The smallest absolute Gasteiger partial charge is 0.219 e. The largest absolute Gasteiger partial charge is 0.338 e. The van der Waals surface area contributed by atoms with Gasteiger partial charge in [-0.05, 0) is 69.8 Å². The third-order valence-electron chi connectivity index (χ3n) is 6.33. The molecule has 0 spiro atoms. The first-order chi connectivity index (χ1) is 13.6. The summed E-state index contributed by atoms with van der Waals surface area (Å²) < 4.78 is 0. The molecule has 0 aromatic heterocycles. The molecular formula is C25H22N2O. The fourth-order valence-corrected chi connectivity index (χ4v) is 4.57. The van der Waals surface area contributed by atoms with Crippen molar-refractivity contribution < 1.29 is 4.79 Å². The van der Waals surface area contributed by atoms with Gasteiger partial charge in [-0.25, -0.2) is 0 Å². The molecule has 2 unspecified atom stereocenters. The van der Waals surface area contributed by atoms with E-state index in [4.69, 9.17) is 5.26 Å². The van der Waals surface area contributed by atoms with Gasteiger partial charge in [0, 0.05) is 20.0 Å². The number of hydrogen-bond donors (Lipinski definition) is 0. The van der Waals surface area contributed by atoms with Crippen molar-refractivity contribution in [2.45, 2.75) is 38.1 Å². The van der Waals surface area contributed by atoms with Gasteiger partial charge >= 0.3 is 0 Å². The van der Waals surface area contributed by atoms with Crippen molar-refractivity contribution in [3.8, 4) is 6.07 Å². The van der Waals surface area contributed by atoms with Crippen LogP contribution in [0.25, 0.3) is 10.8 Å². The first-order valence-electron chi connectivity index (χ1n) is 9.93. The second-order valence-corrected chi connectivity index (χ2v) is 8.10. The Labute approximate surface area is 165 Å². The maximum atomic E-state index is 11.6. The van der Waals surface area contributed by atoms with Crippen LogP contribution in [-0.4, -0.2) is 17.4 Å². The summed E-state index contributed by atoms with van der Waals surface area (Å²) in [5, 5.41) is 11.4. The van der Waals surface area contributed by atoms with E-state index < -0.39 is 0 Å². The van der Waals surface area contributed by atoms with E-state index in [1.165, 1.54) is 34.1 Å². The molecule has 138 valence electrons. The van der Waals surface area contributed by atoms with Crippen LogP contribution in [0.2, 0.25) is 0 Å². The second kappa shape index (κ2) is 6.49. The lowest BCUT2D eigenvalue weighted by atomic mass is 9.94. The average Bonchev–Trinajstić information content (AvgIpc) is 3.53. The summed E-state index contributed by atoms with van der Waals surface area (Å²) in [6, 6.07) is 21.6. The van der Waals surface area contributed by atoms with Gasteiger partial charge in [0.1, 0.15) is 0 Å². The number of carbonyl (C=O) groups excluding carboxylic acids is 1. The molecule has 0 bridgehead atoms. The van der Waals surface area contributed by atoms with Crippen molar-refractivity contribution in [3.05, 3.63) is 82.4 Å². The number of nitrogens with zero attached hydrogens (tertiary/aromatic N) is 2. The number of nitriles is 1. The van der Waals surface area contributed by atoms with E-state index in [1.807, 2.05) is 17.0 Å². The minimum absolute atomic E-state index is 0.162. The fourth-order valence-electron chi connectivity index (χ4n) is 4.57. The molecule has 2 atom stereocenters. The second-order valence-electron chi connectivity index (χ2n) is 8.10. The van der Waals surface area contributed by atoms with E-state index in [2.05, 4.69) is 48.5 Å². The Morgan fingerprint density at radius 2 is 1.68 bits per heavy atom.